The van der Waals surface area contributed by atoms with E-state index >= 15 is 0 Å². The molecular formula is C25H24ClFN6O. The minimum Gasteiger partial charge on any atom is -0.352 e. The number of anilines is 1. The van der Waals surface area contributed by atoms with E-state index in [1.165, 1.54) is 18.5 Å². The van der Waals surface area contributed by atoms with Crippen molar-refractivity contribution in [3.8, 4) is 11.3 Å². The van der Waals surface area contributed by atoms with E-state index in [4.69, 9.17) is 11.6 Å². The van der Waals surface area contributed by atoms with E-state index in [0.717, 1.165) is 33.7 Å². The fourth-order valence-corrected chi connectivity index (χ4v) is 4.42. The Balaban J connectivity index is 1.26. The third-order valence-electron chi connectivity index (χ3n) is 6.11. The van der Waals surface area contributed by atoms with Gasteiger partial charge in [0.1, 0.15) is 23.6 Å². The smallest absolute Gasteiger partial charge is 0.317 e. The summed E-state index contributed by atoms with van der Waals surface area (Å²) >= 11 is 6.08. The maximum atomic E-state index is 13.3. The second-order valence-electron chi connectivity index (χ2n) is 8.35. The highest BCUT2D eigenvalue weighted by Crippen LogP contribution is 2.29. The summed E-state index contributed by atoms with van der Waals surface area (Å²) in [5, 5.41) is 4.60. The number of H-pyrrole nitrogens is 1. The quantitative estimate of drug-likeness (QED) is 0.432. The Morgan fingerprint density at radius 2 is 1.85 bits per heavy atom. The number of rotatable bonds is 4. The van der Waals surface area contributed by atoms with Crippen molar-refractivity contribution in [2.24, 2.45) is 0 Å². The molecule has 0 unspecified atom stereocenters. The molecule has 0 bridgehead atoms. The van der Waals surface area contributed by atoms with E-state index in [1.807, 2.05) is 42.2 Å². The van der Waals surface area contributed by atoms with E-state index in [1.54, 1.807) is 12.1 Å². The summed E-state index contributed by atoms with van der Waals surface area (Å²) in [5.74, 6) is 0.547. The Kier molecular flexibility index (Phi) is 6.06. The molecule has 1 fully saturated rings. The molecule has 4 aromatic rings. The van der Waals surface area contributed by atoms with Gasteiger partial charge in [0.05, 0.1) is 11.4 Å². The molecule has 174 valence electrons. The number of aromatic nitrogens is 3. The van der Waals surface area contributed by atoms with Crippen LogP contribution in [0.5, 0.6) is 0 Å². The second-order valence-corrected chi connectivity index (χ2v) is 8.79. The first-order chi connectivity index (χ1) is 16.5. The standard InChI is InChI=1S/C25H24ClFN6O/c1-16(18-3-2-4-19(26)13-18)30-25(34)33-11-9-32(10-12-33)24-21-14-22(31-23(21)28-15-29-24)17-5-7-20(27)8-6-17/h2-8,13-16H,9-12H2,1H3,(H,30,34)(H,28,29,31)/t16-/m0/s1. The predicted octanol–water partition coefficient (Wildman–Crippen LogP) is 5.01. The summed E-state index contributed by atoms with van der Waals surface area (Å²) in [6.07, 6.45) is 1.54. The summed E-state index contributed by atoms with van der Waals surface area (Å²) in [4.78, 5) is 29.0. The van der Waals surface area contributed by atoms with Gasteiger partial charge >= 0.3 is 6.03 Å². The molecule has 0 radical (unpaired) electrons. The molecule has 1 atom stereocenters. The van der Waals surface area contributed by atoms with Crippen molar-refractivity contribution in [3.05, 3.63) is 77.3 Å². The Morgan fingerprint density at radius 3 is 2.59 bits per heavy atom. The van der Waals surface area contributed by atoms with Gasteiger partial charge in [0, 0.05) is 36.9 Å². The van der Waals surface area contributed by atoms with Crippen LogP contribution in [-0.4, -0.2) is 52.1 Å². The highest BCUT2D eigenvalue weighted by molar-refractivity contribution is 6.30. The van der Waals surface area contributed by atoms with E-state index in [0.29, 0.717) is 31.2 Å². The number of carbonyl (C=O) groups excluding carboxylic acids is 1. The Bertz CT molecular complexity index is 1320. The van der Waals surface area contributed by atoms with Crippen LogP contribution in [0.25, 0.3) is 22.3 Å². The van der Waals surface area contributed by atoms with Gasteiger partial charge in [-0.2, -0.15) is 0 Å². The van der Waals surface area contributed by atoms with E-state index in [-0.39, 0.29) is 17.9 Å². The number of urea groups is 1. The molecule has 0 spiro atoms. The number of benzene rings is 2. The third kappa shape index (κ3) is 4.54. The zero-order valence-corrected chi connectivity index (χ0v) is 19.4. The molecule has 0 aliphatic carbocycles. The van der Waals surface area contributed by atoms with Crippen molar-refractivity contribution >= 4 is 34.5 Å². The number of carbonyl (C=O) groups is 1. The monoisotopic (exact) mass is 478 g/mol. The summed E-state index contributed by atoms with van der Waals surface area (Å²) < 4.78 is 13.3. The Hall–Kier alpha value is -3.65. The average Bonchev–Trinajstić information content (AvgIpc) is 3.29. The van der Waals surface area contributed by atoms with Crippen molar-refractivity contribution in [2.75, 3.05) is 31.1 Å². The first-order valence-electron chi connectivity index (χ1n) is 11.1. The number of nitrogens with one attached hydrogen (secondary N) is 2. The zero-order valence-electron chi connectivity index (χ0n) is 18.6. The first-order valence-corrected chi connectivity index (χ1v) is 11.5. The lowest BCUT2D eigenvalue weighted by molar-refractivity contribution is 0.191. The second kappa shape index (κ2) is 9.30. The van der Waals surface area contributed by atoms with Gasteiger partial charge in [0.15, 0.2) is 0 Å². The topological polar surface area (TPSA) is 77.2 Å². The lowest BCUT2D eigenvalue weighted by Crippen LogP contribution is -2.52. The third-order valence-corrected chi connectivity index (χ3v) is 6.35. The predicted molar refractivity (Wildman–Crippen MR) is 131 cm³/mol. The first kappa shape index (κ1) is 22.2. The lowest BCUT2D eigenvalue weighted by atomic mass is 10.1. The maximum Gasteiger partial charge on any atom is 0.317 e. The van der Waals surface area contributed by atoms with Gasteiger partial charge in [0.25, 0.3) is 0 Å². The van der Waals surface area contributed by atoms with Gasteiger partial charge in [-0.15, -0.1) is 0 Å². The minimum absolute atomic E-state index is 0.0970. The summed E-state index contributed by atoms with van der Waals surface area (Å²) in [7, 11) is 0. The van der Waals surface area contributed by atoms with Crippen LogP contribution in [0.1, 0.15) is 18.5 Å². The van der Waals surface area contributed by atoms with Gasteiger partial charge in [0.2, 0.25) is 0 Å². The van der Waals surface area contributed by atoms with E-state index < -0.39 is 0 Å². The number of piperazine rings is 1. The molecule has 9 heteroatoms. The van der Waals surface area contributed by atoms with Gasteiger partial charge in [-0.3, -0.25) is 0 Å². The highest BCUT2D eigenvalue weighted by atomic mass is 35.5. The molecule has 2 aromatic carbocycles. The van der Waals surface area contributed by atoms with Crippen LogP contribution in [0.2, 0.25) is 5.02 Å². The fourth-order valence-electron chi connectivity index (χ4n) is 4.22. The average molecular weight is 479 g/mol. The molecule has 2 N–H and O–H groups in total. The minimum atomic E-state index is -0.274. The number of aromatic amines is 1. The number of halogens is 2. The van der Waals surface area contributed by atoms with Crippen LogP contribution in [-0.2, 0) is 0 Å². The molecule has 2 aromatic heterocycles. The van der Waals surface area contributed by atoms with Crippen LogP contribution in [0.15, 0.2) is 60.9 Å². The number of hydrogen-bond acceptors (Lipinski definition) is 4. The zero-order chi connectivity index (χ0) is 23.7. The van der Waals surface area contributed by atoms with Gasteiger partial charge in [-0.1, -0.05) is 23.7 Å². The van der Waals surface area contributed by atoms with Crippen molar-refractivity contribution in [1.82, 2.24) is 25.2 Å². The van der Waals surface area contributed by atoms with Crippen LogP contribution < -0.4 is 10.2 Å². The molecule has 1 aliphatic heterocycles. The van der Waals surface area contributed by atoms with Gasteiger partial charge in [-0.05, 0) is 60.5 Å². The van der Waals surface area contributed by atoms with Crippen molar-refractivity contribution in [2.45, 2.75) is 13.0 Å². The summed E-state index contributed by atoms with van der Waals surface area (Å²) in [6.45, 7) is 4.41. The molecule has 7 nitrogen and oxygen atoms in total. The number of fused-ring (bicyclic) bond motifs is 1. The Morgan fingerprint density at radius 1 is 1.09 bits per heavy atom. The lowest BCUT2D eigenvalue weighted by Gasteiger charge is -2.36. The van der Waals surface area contributed by atoms with Gasteiger partial charge in [-0.25, -0.2) is 19.2 Å². The Labute approximate surface area is 201 Å². The van der Waals surface area contributed by atoms with Crippen molar-refractivity contribution in [1.29, 1.82) is 0 Å². The molecular weight excluding hydrogens is 455 g/mol. The maximum absolute atomic E-state index is 13.3. The molecule has 5 rings (SSSR count). The molecule has 34 heavy (non-hydrogen) atoms. The molecule has 0 saturated carbocycles. The van der Waals surface area contributed by atoms with E-state index in [9.17, 15) is 9.18 Å². The molecule has 1 saturated heterocycles. The van der Waals surface area contributed by atoms with Crippen molar-refractivity contribution in [3.63, 3.8) is 0 Å². The molecule has 1 aliphatic rings. The summed E-state index contributed by atoms with van der Waals surface area (Å²) in [5.41, 5.74) is 3.41. The van der Waals surface area contributed by atoms with Crippen molar-refractivity contribution < 1.29 is 9.18 Å². The summed E-state index contributed by atoms with van der Waals surface area (Å²) in [6, 6.07) is 15.6. The van der Waals surface area contributed by atoms with Crippen LogP contribution in [0.3, 0.4) is 0 Å². The largest absolute Gasteiger partial charge is 0.352 e. The molecule has 2 amide bonds. The number of amides is 2. The van der Waals surface area contributed by atoms with Crippen LogP contribution in [0, 0.1) is 5.82 Å². The number of hydrogen-bond donors (Lipinski definition) is 2. The van der Waals surface area contributed by atoms with E-state index in [2.05, 4.69) is 25.2 Å². The van der Waals surface area contributed by atoms with Crippen LogP contribution in [0.4, 0.5) is 15.0 Å². The van der Waals surface area contributed by atoms with Crippen LogP contribution >= 0.6 is 11.6 Å². The highest BCUT2D eigenvalue weighted by Gasteiger charge is 2.25. The number of nitrogens with zero attached hydrogens (tertiary/aromatic N) is 4. The molecule has 3 heterocycles. The SMILES string of the molecule is C[C@H](NC(=O)N1CCN(c2ncnc3[nH]c(-c4ccc(F)cc4)cc23)CC1)c1cccc(Cl)c1. The fraction of sp³-hybridized carbons (Fsp3) is 0.240. The van der Waals surface area contributed by atoms with Gasteiger partial charge < -0.3 is 20.1 Å². The normalized spacial score (nSPS) is 14.9.